The fourth-order valence-corrected chi connectivity index (χ4v) is 3.33. The van der Waals surface area contributed by atoms with E-state index in [1.807, 2.05) is 31.2 Å². The van der Waals surface area contributed by atoms with Gasteiger partial charge in [0.25, 0.3) is 0 Å². The highest BCUT2D eigenvalue weighted by atomic mass is 19.4. The number of oxazole rings is 1. The van der Waals surface area contributed by atoms with Gasteiger partial charge >= 0.3 is 6.18 Å². The summed E-state index contributed by atoms with van der Waals surface area (Å²) in [7, 11) is 1.65. The monoisotopic (exact) mass is 409 g/mol. The van der Waals surface area contributed by atoms with Crippen molar-refractivity contribution in [3.63, 3.8) is 0 Å². The first kappa shape index (κ1) is 21.2. The van der Waals surface area contributed by atoms with Crippen LogP contribution in [0.4, 0.5) is 13.2 Å². The summed E-state index contributed by atoms with van der Waals surface area (Å²) in [6.45, 7) is 3.09. The van der Waals surface area contributed by atoms with Crippen molar-refractivity contribution in [3.05, 3.63) is 41.8 Å². The predicted octanol–water partition coefficient (Wildman–Crippen LogP) is 3.20. The van der Waals surface area contributed by atoms with Crippen molar-refractivity contribution >= 4 is 5.96 Å². The van der Waals surface area contributed by atoms with Crippen molar-refractivity contribution in [2.75, 3.05) is 33.2 Å². The summed E-state index contributed by atoms with van der Waals surface area (Å²) in [6.07, 6.45) is -1.81. The Hall–Kier alpha value is -2.55. The van der Waals surface area contributed by atoms with Gasteiger partial charge in [-0.1, -0.05) is 17.7 Å². The molecular formula is C20H26F3N5O. The zero-order valence-corrected chi connectivity index (χ0v) is 16.6. The maximum atomic E-state index is 12.5. The van der Waals surface area contributed by atoms with Gasteiger partial charge in [-0.2, -0.15) is 13.2 Å². The highest BCUT2D eigenvalue weighted by Gasteiger charge is 2.34. The molecule has 1 atom stereocenters. The minimum absolute atomic E-state index is 0.163. The van der Waals surface area contributed by atoms with Crippen LogP contribution in [-0.2, 0) is 6.54 Å². The van der Waals surface area contributed by atoms with E-state index < -0.39 is 12.7 Å². The van der Waals surface area contributed by atoms with Gasteiger partial charge in [0.05, 0.1) is 18.8 Å². The van der Waals surface area contributed by atoms with E-state index in [4.69, 9.17) is 4.42 Å². The van der Waals surface area contributed by atoms with Crippen molar-refractivity contribution in [1.29, 1.82) is 0 Å². The number of halogens is 3. The largest absolute Gasteiger partial charge is 0.444 e. The lowest BCUT2D eigenvalue weighted by Crippen LogP contribution is -2.40. The van der Waals surface area contributed by atoms with Crippen molar-refractivity contribution < 1.29 is 17.6 Å². The van der Waals surface area contributed by atoms with Gasteiger partial charge in [0, 0.05) is 25.7 Å². The van der Waals surface area contributed by atoms with E-state index in [1.165, 1.54) is 10.5 Å². The molecule has 1 aromatic heterocycles. The normalized spacial score (nSPS) is 18.2. The minimum Gasteiger partial charge on any atom is -0.444 e. The van der Waals surface area contributed by atoms with Crippen LogP contribution >= 0.6 is 0 Å². The molecule has 0 amide bonds. The number of benzene rings is 1. The molecule has 0 spiro atoms. The molecule has 2 heterocycles. The van der Waals surface area contributed by atoms with Crippen LogP contribution in [0.2, 0.25) is 0 Å². The fourth-order valence-electron chi connectivity index (χ4n) is 3.33. The van der Waals surface area contributed by atoms with E-state index in [9.17, 15) is 13.2 Å². The smallest absolute Gasteiger partial charge is 0.401 e. The van der Waals surface area contributed by atoms with Gasteiger partial charge in [-0.05, 0) is 37.9 Å². The molecule has 1 aliphatic rings. The molecule has 1 unspecified atom stereocenters. The number of aliphatic imine (C=N–C) groups is 1. The quantitative estimate of drug-likeness (QED) is 0.567. The SMILES string of the molecule is CN=C(NCc1coc(-c2ccc(C)cc2)n1)NCC1CCN(CC(F)(F)F)C1. The maximum absolute atomic E-state index is 12.5. The number of hydrogen-bond donors (Lipinski definition) is 2. The molecule has 6 nitrogen and oxygen atoms in total. The Morgan fingerprint density at radius 2 is 2.03 bits per heavy atom. The second kappa shape index (κ2) is 9.30. The first-order chi connectivity index (χ1) is 13.8. The third kappa shape index (κ3) is 6.49. The molecule has 0 bridgehead atoms. The second-order valence-corrected chi connectivity index (χ2v) is 7.32. The Kier molecular flexibility index (Phi) is 6.79. The number of nitrogens with zero attached hydrogens (tertiary/aromatic N) is 3. The third-order valence-corrected chi connectivity index (χ3v) is 4.84. The molecule has 9 heteroatoms. The van der Waals surface area contributed by atoms with Gasteiger partial charge < -0.3 is 15.1 Å². The highest BCUT2D eigenvalue weighted by molar-refractivity contribution is 5.79. The van der Waals surface area contributed by atoms with Crippen LogP contribution in [0.5, 0.6) is 0 Å². The number of aryl methyl sites for hydroxylation is 1. The van der Waals surface area contributed by atoms with Crippen LogP contribution in [0, 0.1) is 12.8 Å². The number of rotatable bonds is 6. The number of aromatic nitrogens is 1. The van der Waals surface area contributed by atoms with E-state index in [-0.39, 0.29) is 5.92 Å². The molecule has 29 heavy (non-hydrogen) atoms. The summed E-state index contributed by atoms with van der Waals surface area (Å²) in [5, 5.41) is 6.34. The molecule has 0 aliphatic carbocycles. The Balaban J connectivity index is 1.44. The molecule has 2 aromatic rings. The van der Waals surface area contributed by atoms with Crippen molar-refractivity contribution in [1.82, 2.24) is 20.5 Å². The van der Waals surface area contributed by atoms with E-state index in [0.717, 1.165) is 17.7 Å². The summed E-state index contributed by atoms with van der Waals surface area (Å²) in [5.74, 6) is 1.30. The molecule has 158 valence electrons. The lowest BCUT2D eigenvalue weighted by molar-refractivity contribution is -0.143. The summed E-state index contributed by atoms with van der Waals surface area (Å²) in [4.78, 5) is 10.1. The van der Waals surface area contributed by atoms with Crippen molar-refractivity contribution in [2.45, 2.75) is 26.1 Å². The molecule has 1 fully saturated rings. The second-order valence-electron chi connectivity index (χ2n) is 7.32. The van der Waals surface area contributed by atoms with Crippen molar-refractivity contribution in [2.24, 2.45) is 10.9 Å². The fraction of sp³-hybridized carbons (Fsp3) is 0.500. The van der Waals surface area contributed by atoms with Gasteiger partial charge in [-0.25, -0.2) is 4.98 Å². The van der Waals surface area contributed by atoms with Crippen LogP contribution in [0.25, 0.3) is 11.5 Å². The van der Waals surface area contributed by atoms with E-state index in [0.29, 0.717) is 38.0 Å². The molecule has 1 saturated heterocycles. The van der Waals surface area contributed by atoms with Crippen LogP contribution in [-0.4, -0.2) is 55.2 Å². The zero-order chi connectivity index (χ0) is 20.9. The van der Waals surface area contributed by atoms with E-state index >= 15 is 0 Å². The summed E-state index contributed by atoms with van der Waals surface area (Å²) < 4.78 is 43.0. The van der Waals surface area contributed by atoms with Crippen molar-refractivity contribution in [3.8, 4) is 11.5 Å². The molecule has 1 aliphatic heterocycles. The molecule has 0 saturated carbocycles. The molecule has 2 N–H and O–H groups in total. The highest BCUT2D eigenvalue weighted by Crippen LogP contribution is 2.22. The van der Waals surface area contributed by atoms with E-state index in [2.05, 4.69) is 20.6 Å². The number of alkyl halides is 3. The van der Waals surface area contributed by atoms with E-state index in [1.54, 1.807) is 13.3 Å². The standard InChI is InChI=1S/C20H26F3N5O/c1-14-3-5-16(6-4-14)18-27-17(12-29-18)10-26-19(24-2)25-9-15-7-8-28(11-15)13-20(21,22)23/h3-6,12,15H,7-11,13H2,1-2H3,(H2,24,25,26). The van der Waals surface area contributed by atoms with Crippen LogP contribution in [0.3, 0.4) is 0 Å². The average molecular weight is 409 g/mol. The number of nitrogens with one attached hydrogen (secondary N) is 2. The molecule has 1 aromatic carbocycles. The third-order valence-electron chi connectivity index (χ3n) is 4.84. The van der Waals surface area contributed by atoms with Crippen LogP contribution < -0.4 is 10.6 Å². The number of likely N-dealkylation sites (tertiary alicyclic amines) is 1. The topological polar surface area (TPSA) is 65.7 Å². The Bertz CT molecular complexity index is 816. The summed E-state index contributed by atoms with van der Waals surface area (Å²) in [6, 6.07) is 7.93. The minimum atomic E-state index is -4.14. The molecule has 3 rings (SSSR count). The van der Waals surface area contributed by atoms with Gasteiger partial charge in [0.2, 0.25) is 5.89 Å². The van der Waals surface area contributed by atoms with Gasteiger partial charge in [0.15, 0.2) is 5.96 Å². The average Bonchev–Trinajstić information content (AvgIpc) is 3.31. The first-order valence-corrected chi connectivity index (χ1v) is 9.57. The van der Waals surface area contributed by atoms with Crippen LogP contribution in [0.15, 0.2) is 39.9 Å². The van der Waals surface area contributed by atoms with Gasteiger partial charge in [-0.15, -0.1) is 0 Å². The number of hydrogen-bond acceptors (Lipinski definition) is 4. The summed E-state index contributed by atoms with van der Waals surface area (Å²) in [5.41, 5.74) is 2.82. The number of guanidine groups is 1. The molecule has 0 radical (unpaired) electrons. The first-order valence-electron chi connectivity index (χ1n) is 9.57. The van der Waals surface area contributed by atoms with Crippen LogP contribution in [0.1, 0.15) is 17.7 Å². The van der Waals surface area contributed by atoms with Gasteiger partial charge in [-0.3, -0.25) is 9.89 Å². The lowest BCUT2D eigenvalue weighted by Gasteiger charge is -2.18. The summed E-state index contributed by atoms with van der Waals surface area (Å²) >= 11 is 0. The predicted molar refractivity (Wildman–Crippen MR) is 105 cm³/mol. The Labute approximate surface area is 168 Å². The Morgan fingerprint density at radius 1 is 1.28 bits per heavy atom. The zero-order valence-electron chi connectivity index (χ0n) is 16.6. The van der Waals surface area contributed by atoms with Gasteiger partial charge in [0.1, 0.15) is 6.26 Å². The molecular weight excluding hydrogens is 383 g/mol. The Morgan fingerprint density at radius 3 is 2.72 bits per heavy atom. The lowest BCUT2D eigenvalue weighted by atomic mass is 10.1. The maximum Gasteiger partial charge on any atom is 0.401 e.